The number of rotatable bonds is 2. The highest BCUT2D eigenvalue weighted by molar-refractivity contribution is 6.29. The molecule has 3 rings (SSSR count). The van der Waals surface area contributed by atoms with E-state index in [-0.39, 0.29) is 0 Å². The molecule has 0 aromatic carbocycles. The predicted octanol–water partition coefficient (Wildman–Crippen LogP) is 3.47. The van der Waals surface area contributed by atoms with Crippen molar-refractivity contribution in [2.75, 3.05) is 20.1 Å². The van der Waals surface area contributed by atoms with Gasteiger partial charge in [-0.05, 0) is 36.3 Å². The fourth-order valence-electron chi connectivity index (χ4n) is 3.85. The molecule has 1 saturated heterocycles. The van der Waals surface area contributed by atoms with Crippen LogP contribution in [-0.2, 0) is 6.54 Å². The van der Waals surface area contributed by atoms with Crippen LogP contribution in [0.25, 0.3) is 0 Å². The molecule has 1 aromatic heterocycles. The molecule has 1 spiro atoms. The Morgan fingerprint density at radius 1 is 1.32 bits per heavy atom. The van der Waals surface area contributed by atoms with Gasteiger partial charge in [0, 0.05) is 32.9 Å². The molecule has 0 amide bonds. The van der Waals surface area contributed by atoms with Crippen LogP contribution in [0, 0.1) is 5.41 Å². The molecule has 1 saturated carbocycles. The van der Waals surface area contributed by atoms with E-state index in [1.807, 2.05) is 25.4 Å². The maximum atomic E-state index is 5.82. The average Bonchev–Trinajstić information content (AvgIpc) is 2.94. The smallest absolute Gasteiger partial charge is 0.193 e. The molecule has 2 heterocycles. The van der Waals surface area contributed by atoms with Crippen LogP contribution in [0.5, 0.6) is 0 Å². The van der Waals surface area contributed by atoms with Crippen LogP contribution in [0.3, 0.4) is 0 Å². The Labute approximate surface area is 138 Å². The molecule has 2 aliphatic rings. The zero-order valence-corrected chi connectivity index (χ0v) is 14.1. The molecule has 5 heteroatoms. The standard InChI is InChI=1S/C17H25ClN4/c1-19-16(21-12-14-5-6-15(18)20-11-14)22-10-9-17(13-22)7-3-2-4-8-17/h5-6,11H,2-4,7-10,12-13H2,1H3,(H,19,21). The summed E-state index contributed by atoms with van der Waals surface area (Å²) in [6, 6.07) is 3.83. The van der Waals surface area contributed by atoms with Gasteiger partial charge in [0.25, 0.3) is 0 Å². The van der Waals surface area contributed by atoms with Gasteiger partial charge >= 0.3 is 0 Å². The molecule has 2 fully saturated rings. The van der Waals surface area contributed by atoms with Gasteiger partial charge in [-0.2, -0.15) is 0 Å². The van der Waals surface area contributed by atoms with Crippen LogP contribution in [0.1, 0.15) is 44.1 Å². The van der Waals surface area contributed by atoms with Crippen molar-refractivity contribution in [3.05, 3.63) is 29.0 Å². The third-order valence-corrected chi connectivity index (χ3v) is 5.33. The van der Waals surface area contributed by atoms with Crippen molar-refractivity contribution >= 4 is 17.6 Å². The van der Waals surface area contributed by atoms with E-state index in [1.54, 1.807) is 0 Å². The van der Waals surface area contributed by atoms with E-state index < -0.39 is 0 Å². The summed E-state index contributed by atoms with van der Waals surface area (Å²) in [7, 11) is 1.87. The summed E-state index contributed by atoms with van der Waals surface area (Å²) in [5.41, 5.74) is 1.68. The molecule has 0 atom stereocenters. The first-order valence-corrected chi connectivity index (χ1v) is 8.65. The summed E-state index contributed by atoms with van der Waals surface area (Å²) < 4.78 is 0. The average molecular weight is 321 g/mol. The van der Waals surface area contributed by atoms with Crippen LogP contribution >= 0.6 is 11.6 Å². The minimum atomic E-state index is 0.534. The lowest BCUT2D eigenvalue weighted by molar-refractivity contribution is 0.203. The number of hydrogen-bond acceptors (Lipinski definition) is 2. The van der Waals surface area contributed by atoms with Crippen molar-refractivity contribution in [2.24, 2.45) is 10.4 Å². The van der Waals surface area contributed by atoms with Crippen molar-refractivity contribution in [3.63, 3.8) is 0 Å². The summed E-state index contributed by atoms with van der Waals surface area (Å²) in [5, 5.41) is 4.00. The minimum absolute atomic E-state index is 0.534. The van der Waals surface area contributed by atoms with Gasteiger partial charge in [-0.3, -0.25) is 4.99 Å². The maximum absolute atomic E-state index is 5.82. The highest BCUT2D eigenvalue weighted by Gasteiger charge is 2.39. The highest BCUT2D eigenvalue weighted by atomic mass is 35.5. The van der Waals surface area contributed by atoms with Crippen LogP contribution < -0.4 is 5.32 Å². The number of hydrogen-bond donors (Lipinski definition) is 1. The molecule has 22 heavy (non-hydrogen) atoms. The Bertz CT molecular complexity index is 520. The number of aromatic nitrogens is 1. The number of nitrogens with zero attached hydrogens (tertiary/aromatic N) is 3. The minimum Gasteiger partial charge on any atom is -0.352 e. The summed E-state index contributed by atoms with van der Waals surface area (Å²) >= 11 is 5.82. The number of halogens is 1. The molecule has 0 radical (unpaired) electrons. The predicted molar refractivity (Wildman–Crippen MR) is 91.2 cm³/mol. The number of likely N-dealkylation sites (tertiary alicyclic amines) is 1. The van der Waals surface area contributed by atoms with Gasteiger partial charge in [0.1, 0.15) is 5.15 Å². The molecular weight excluding hydrogens is 296 g/mol. The molecule has 1 aromatic rings. The molecular formula is C17H25ClN4. The summed E-state index contributed by atoms with van der Waals surface area (Å²) in [6.45, 7) is 3.02. The zero-order valence-electron chi connectivity index (χ0n) is 13.3. The SMILES string of the molecule is CN=C(NCc1ccc(Cl)nc1)N1CCC2(CCCCC2)C1. The molecule has 120 valence electrons. The van der Waals surface area contributed by atoms with Crippen LogP contribution in [-0.4, -0.2) is 36.0 Å². The fraction of sp³-hybridized carbons (Fsp3) is 0.647. The van der Waals surface area contributed by atoms with E-state index in [4.69, 9.17) is 11.6 Å². The van der Waals surface area contributed by atoms with E-state index in [0.29, 0.717) is 10.6 Å². The second kappa shape index (κ2) is 6.86. The molecule has 0 bridgehead atoms. The highest BCUT2D eigenvalue weighted by Crippen LogP contribution is 2.43. The molecule has 1 aliphatic heterocycles. The van der Waals surface area contributed by atoms with Gasteiger partial charge in [-0.15, -0.1) is 0 Å². The quantitative estimate of drug-likeness (QED) is 0.515. The topological polar surface area (TPSA) is 40.5 Å². The molecule has 1 aliphatic carbocycles. The summed E-state index contributed by atoms with van der Waals surface area (Å²) in [4.78, 5) is 11.0. The second-order valence-electron chi connectivity index (χ2n) is 6.62. The number of guanidine groups is 1. The largest absolute Gasteiger partial charge is 0.352 e. The lowest BCUT2D eigenvalue weighted by atomic mass is 9.73. The first-order valence-electron chi connectivity index (χ1n) is 8.27. The lowest BCUT2D eigenvalue weighted by Gasteiger charge is -2.33. The Balaban J connectivity index is 1.57. The Kier molecular flexibility index (Phi) is 4.87. The first kappa shape index (κ1) is 15.6. The second-order valence-corrected chi connectivity index (χ2v) is 7.01. The Hall–Kier alpha value is -1.29. The molecule has 4 nitrogen and oxygen atoms in total. The first-order chi connectivity index (χ1) is 10.7. The fourth-order valence-corrected chi connectivity index (χ4v) is 3.96. The van der Waals surface area contributed by atoms with Crippen molar-refractivity contribution < 1.29 is 0 Å². The van der Waals surface area contributed by atoms with E-state index in [1.165, 1.54) is 38.5 Å². The van der Waals surface area contributed by atoms with Crippen molar-refractivity contribution in [3.8, 4) is 0 Å². The van der Waals surface area contributed by atoms with Gasteiger partial charge in [-0.1, -0.05) is 36.9 Å². The van der Waals surface area contributed by atoms with Gasteiger partial charge in [0.2, 0.25) is 0 Å². The van der Waals surface area contributed by atoms with E-state index >= 15 is 0 Å². The molecule has 0 unspecified atom stereocenters. The maximum Gasteiger partial charge on any atom is 0.193 e. The monoisotopic (exact) mass is 320 g/mol. The van der Waals surface area contributed by atoms with Crippen LogP contribution in [0.15, 0.2) is 23.3 Å². The van der Waals surface area contributed by atoms with Crippen molar-refractivity contribution in [2.45, 2.75) is 45.1 Å². The lowest BCUT2D eigenvalue weighted by Crippen LogP contribution is -2.41. The van der Waals surface area contributed by atoms with Gasteiger partial charge in [0.05, 0.1) is 0 Å². The van der Waals surface area contributed by atoms with Gasteiger partial charge < -0.3 is 10.2 Å². The van der Waals surface area contributed by atoms with Gasteiger partial charge in [-0.25, -0.2) is 4.98 Å². The molecule has 1 N–H and O–H groups in total. The van der Waals surface area contributed by atoms with Gasteiger partial charge in [0.15, 0.2) is 5.96 Å². The normalized spacial score (nSPS) is 21.4. The van der Waals surface area contributed by atoms with E-state index in [9.17, 15) is 0 Å². The van der Waals surface area contributed by atoms with E-state index in [2.05, 4.69) is 20.2 Å². The zero-order chi connectivity index (χ0) is 15.4. The Morgan fingerprint density at radius 3 is 2.82 bits per heavy atom. The summed E-state index contributed by atoms with van der Waals surface area (Å²) in [6.07, 6.45) is 10.1. The number of nitrogens with one attached hydrogen (secondary N) is 1. The Morgan fingerprint density at radius 2 is 2.14 bits per heavy atom. The third kappa shape index (κ3) is 3.54. The number of pyridine rings is 1. The van der Waals surface area contributed by atoms with E-state index in [0.717, 1.165) is 31.2 Å². The summed E-state index contributed by atoms with van der Waals surface area (Å²) in [5.74, 6) is 1.01. The number of aliphatic imine (C=N–C) groups is 1. The van der Waals surface area contributed by atoms with Crippen molar-refractivity contribution in [1.82, 2.24) is 15.2 Å². The third-order valence-electron chi connectivity index (χ3n) is 5.10. The van der Waals surface area contributed by atoms with Crippen LogP contribution in [0.2, 0.25) is 5.15 Å². The van der Waals surface area contributed by atoms with Crippen molar-refractivity contribution in [1.29, 1.82) is 0 Å². The van der Waals surface area contributed by atoms with Crippen LogP contribution in [0.4, 0.5) is 0 Å².